The van der Waals surface area contributed by atoms with E-state index in [4.69, 9.17) is 10.5 Å². The summed E-state index contributed by atoms with van der Waals surface area (Å²) in [6, 6.07) is 5.98. The molecule has 0 saturated carbocycles. The molecular formula is C11H17BrN2O. The fourth-order valence-corrected chi connectivity index (χ4v) is 1.96. The topological polar surface area (TPSA) is 38.5 Å². The molecule has 15 heavy (non-hydrogen) atoms. The number of hydrogen-bond donors (Lipinski definition) is 1. The Hall–Kier alpha value is -0.580. The molecule has 0 saturated heterocycles. The Morgan fingerprint density at radius 1 is 1.40 bits per heavy atom. The van der Waals surface area contributed by atoms with Crippen molar-refractivity contribution in [3.05, 3.63) is 28.2 Å². The molecule has 0 aromatic heterocycles. The number of nitrogens with two attached hydrogens (primary N) is 1. The summed E-state index contributed by atoms with van der Waals surface area (Å²) in [6.45, 7) is 2.55. The Kier molecular flexibility index (Phi) is 5.08. The molecule has 4 heteroatoms. The summed E-state index contributed by atoms with van der Waals surface area (Å²) >= 11 is 3.43. The van der Waals surface area contributed by atoms with Crippen LogP contribution < -0.4 is 5.73 Å². The molecule has 0 heterocycles. The van der Waals surface area contributed by atoms with Gasteiger partial charge in [0.15, 0.2) is 0 Å². The zero-order valence-electron chi connectivity index (χ0n) is 9.16. The van der Waals surface area contributed by atoms with Gasteiger partial charge in [0, 0.05) is 30.4 Å². The molecule has 1 rings (SSSR count). The largest absolute Gasteiger partial charge is 0.399 e. The molecule has 0 amide bonds. The van der Waals surface area contributed by atoms with Gasteiger partial charge in [-0.05, 0) is 30.8 Å². The van der Waals surface area contributed by atoms with Crippen LogP contribution in [0, 0.1) is 0 Å². The summed E-state index contributed by atoms with van der Waals surface area (Å²) in [7, 11) is 3.78. The van der Waals surface area contributed by atoms with E-state index in [9.17, 15) is 0 Å². The van der Waals surface area contributed by atoms with E-state index in [1.807, 2.05) is 12.1 Å². The molecule has 84 valence electrons. The molecule has 0 aliphatic heterocycles. The lowest BCUT2D eigenvalue weighted by Crippen LogP contribution is -2.22. The van der Waals surface area contributed by atoms with Crippen LogP contribution in [0.4, 0.5) is 5.69 Å². The second-order valence-corrected chi connectivity index (χ2v) is 4.54. The van der Waals surface area contributed by atoms with Gasteiger partial charge in [-0.15, -0.1) is 0 Å². The lowest BCUT2D eigenvalue weighted by molar-refractivity contribution is 0.158. The molecule has 0 aliphatic rings. The van der Waals surface area contributed by atoms with Gasteiger partial charge in [0.2, 0.25) is 0 Å². The first-order valence-electron chi connectivity index (χ1n) is 4.84. The van der Waals surface area contributed by atoms with Crippen LogP contribution in [0.25, 0.3) is 0 Å². The number of nitrogen functional groups attached to an aromatic ring is 1. The van der Waals surface area contributed by atoms with E-state index >= 15 is 0 Å². The van der Waals surface area contributed by atoms with Crippen LogP contribution in [-0.4, -0.2) is 32.2 Å². The number of methoxy groups -OCH3 is 1. The van der Waals surface area contributed by atoms with Crippen LogP contribution in [0.2, 0.25) is 0 Å². The number of ether oxygens (including phenoxy) is 1. The highest BCUT2D eigenvalue weighted by molar-refractivity contribution is 9.10. The number of rotatable bonds is 5. The Balaban J connectivity index is 2.56. The van der Waals surface area contributed by atoms with Crippen molar-refractivity contribution in [2.24, 2.45) is 0 Å². The number of halogens is 1. The van der Waals surface area contributed by atoms with Crippen LogP contribution >= 0.6 is 15.9 Å². The van der Waals surface area contributed by atoms with Gasteiger partial charge in [-0.3, -0.25) is 4.90 Å². The molecule has 0 atom stereocenters. The fraction of sp³-hybridized carbons (Fsp3) is 0.455. The molecule has 1 aromatic rings. The molecule has 0 spiro atoms. The van der Waals surface area contributed by atoms with Crippen LogP contribution in [-0.2, 0) is 11.3 Å². The predicted octanol–water partition coefficient (Wildman–Crippen LogP) is 2.11. The molecule has 0 bridgehead atoms. The summed E-state index contributed by atoms with van der Waals surface area (Å²) in [6.07, 6.45) is 0. The highest BCUT2D eigenvalue weighted by Crippen LogP contribution is 2.18. The van der Waals surface area contributed by atoms with Gasteiger partial charge in [-0.25, -0.2) is 0 Å². The molecule has 1 aromatic carbocycles. The van der Waals surface area contributed by atoms with E-state index in [-0.39, 0.29) is 0 Å². The third kappa shape index (κ3) is 4.64. The first-order chi connectivity index (χ1) is 7.11. The monoisotopic (exact) mass is 272 g/mol. The van der Waals surface area contributed by atoms with Crippen molar-refractivity contribution in [2.45, 2.75) is 6.54 Å². The van der Waals surface area contributed by atoms with E-state index in [1.165, 1.54) is 5.56 Å². The van der Waals surface area contributed by atoms with Crippen molar-refractivity contribution in [3.8, 4) is 0 Å². The molecular weight excluding hydrogens is 256 g/mol. The Labute approximate surface area is 99.3 Å². The summed E-state index contributed by atoms with van der Waals surface area (Å²) in [5.41, 5.74) is 7.76. The molecule has 0 fully saturated rings. The maximum atomic E-state index is 5.76. The van der Waals surface area contributed by atoms with Gasteiger partial charge in [-0.2, -0.15) is 0 Å². The fourth-order valence-electron chi connectivity index (χ4n) is 1.40. The quantitative estimate of drug-likeness (QED) is 0.835. The minimum atomic E-state index is 0.750. The molecule has 0 radical (unpaired) electrons. The summed E-state index contributed by atoms with van der Waals surface area (Å²) in [5.74, 6) is 0. The van der Waals surface area contributed by atoms with Gasteiger partial charge in [-0.1, -0.05) is 15.9 Å². The van der Waals surface area contributed by atoms with Gasteiger partial charge in [0.05, 0.1) is 6.61 Å². The minimum absolute atomic E-state index is 0.750. The average molecular weight is 273 g/mol. The van der Waals surface area contributed by atoms with Crippen LogP contribution in [0.3, 0.4) is 0 Å². The normalized spacial score (nSPS) is 10.9. The van der Waals surface area contributed by atoms with E-state index in [1.54, 1.807) is 7.11 Å². The molecule has 2 N–H and O–H groups in total. The molecule has 0 aliphatic carbocycles. The summed E-state index contributed by atoms with van der Waals surface area (Å²) in [5, 5.41) is 0. The van der Waals surface area contributed by atoms with Gasteiger partial charge in [0.1, 0.15) is 0 Å². The maximum Gasteiger partial charge on any atom is 0.0589 e. The Bertz CT molecular complexity index is 297. The number of nitrogens with zero attached hydrogens (tertiary/aromatic N) is 1. The third-order valence-electron chi connectivity index (χ3n) is 2.11. The Morgan fingerprint density at radius 3 is 2.73 bits per heavy atom. The highest BCUT2D eigenvalue weighted by Gasteiger charge is 2.01. The lowest BCUT2D eigenvalue weighted by atomic mass is 10.2. The van der Waals surface area contributed by atoms with Crippen LogP contribution in [0.1, 0.15) is 5.56 Å². The Morgan fingerprint density at radius 2 is 2.13 bits per heavy atom. The van der Waals surface area contributed by atoms with Crippen molar-refractivity contribution in [1.82, 2.24) is 4.90 Å². The second kappa shape index (κ2) is 6.10. The number of likely N-dealkylation sites (N-methyl/N-ethyl adjacent to an activating group) is 1. The van der Waals surface area contributed by atoms with E-state index < -0.39 is 0 Å². The minimum Gasteiger partial charge on any atom is -0.399 e. The predicted molar refractivity (Wildman–Crippen MR) is 66.8 cm³/mol. The molecule has 3 nitrogen and oxygen atoms in total. The number of anilines is 1. The van der Waals surface area contributed by atoms with E-state index in [2.05, 4.69) is 33.9 Å². The van der Waals surface area contributed by atoms with Gasteiger partial charge >= 0.3 is 0 Å². The smallest absolute Gasteiger partial charge is 0.0589 e. The van der Waals surface area contributed by atoms with Crippen molar-refractivity contribution >= 4 is 21.6 Å². The zero-order chi connectivity index (χ0) is 11.3. The third-order valence-corrected chi connectivity index (χ3v) is 2.57. The maximum absolute atomic E-state index is 5.76. The summed E-state index contributed by atoms with van der Waals surface area (Å²) in [4.78, 5) is 2.20. The van der Waals surface area contributed by atoms with Crippen molar-refractivity contribution in [1.29, 1.82) is 0 Å². The number of hydrogen-bond acceptors (Lipinski definition) is 3. The van der Waals surface area contributed by atoms with Crippen molar-refractivity contribution in [3.63, 3.8) is 0 Å². The second-order valence-electron chi connectivity index (χ2n) is 3.62. The molecule has 0 unspecified atom stereocenters. The van der Waals surface area contributed by atoms with Crippen molar-refractivity contribution in [2.75, 3.05) is 33.0 Å². The van der Waals surface area contributed by atoms with Gasteiger partial charge < -0.3 is 10.5 Å². The van der Waals surface area contributed by atoms with Crippen molar-refractivity contribution < 1.29 is 4.74 Å². The SMILES string of the molecule is COCCN(C)Cc1cc(N)cc(Br)c1. The average Bonchev–Trinajstić information content (AvgIpc) is 2.13. The lowest BCUT2D eigenvalue weighted by Gasteiger charge is -2.16. The van der Waals surface area contributed by atoms with E-state index in [0.717, 1.165) is 29.9 Å². The first kappa shape index (κ1) is 12.5. The van der Waals surface area contributed by atoms with Crippen LogP contribution in [0.5, 0.6) is 0 Å². The summed E-state index contributed by atoms with van der Waals surface area (Å²) < 4.78 is 6.05. The van der Waals surface area contributed by atoms with E-state index in [0.29, 0.717) is 0 Å². The number of benzene rings is 1. The standard InChI is InChI=1S/C11H17BrN2O/c1-14(3-4-15-2)8-9-5-10(12)7-11(13)6-9/h5-7H,3-4,8,13H2,1-2H3. The van der Waals surface area contributed by atoms with Gasteiger partial charge in [0.25, 0.3) is 0 Å². The highest BCUT2D eigenvalue weighted by atomic mass is 79.9. The van der Waals surface area contributed by atoms with Crippen LogP contribution in [0.15, 0.2) is 22.7 Å². The zero-order valence-corrected chi connectivity index (χ0v) is 10.8. The first-order valence-corrected chi connectivity index (χ1v) is 5.63.